The Morgan fingerprint density at radius 2 is 2.16 bits per heavy atom. The molecule has 0 saturated carbocycles. The SMILES string of the molecule is Cc1cc(S(=O)(=O)N2CCCCC2CN)ccc1Br. The van der Waals surface area contributed by atoms with E-state index in [2.05, 4.69) is 15.9 Å². The highest BCUT2D eigenvalue weighted by Crippen LogP contribution is 2.27. The Hall–Kier alpha value is -0.430. The van der Waals surface area contributed by atoms with Crippen molar-refractivity contribution in [1.82, 2.24) is 4.31 Å². The average molecular weight is 347 g/mol. The van der Waals surface area contributed by atoms with E-state index in [1.165, 1.54) is 0 Å². The van der Waals surface area contributed by atoms with Gasteiger partial charge < -0.3 is 5.73 Å². The zero-order valence-electron chi connectivity index (χ0n) is 11.0. The van der Waals surface area contributed by atoms with Crippen LogP contribution in [0.1, 0.15) is 24.8 Å². The summed E-state index contributed by atoms with van der Waals surface area (Å²) in [4.78, 5) is 0.355. The van der Waals surface area contributed by atoms with Crippen molar-refractivity contribution in [3.8, 4) is 0 Å². The predicted molar refractivity (Wildman–Crippen MR) is 79.5 cm³/mol. The van der Waals surface area contributed by atoms with Gasteiger partial charge in [0, 0.05) is 23.6 Å². The summed E-state index contributed by atoms with van der Waals surface area (Å²) in [5.74, 6) is 0. The second-order valence-corrected chi connectivity index (χ2v) is 7.66. The Kier molecular flexibility index (Phi) is 4.66. The molecule has 1 heterocycles. The molecule has 0 amide bonds. The molecule has 1 atom stereocenters. The van der Waals surface area contributed by atoms with Gasteiger partial charge in [-0.15, -0.1) is 0 Å². The topological polar surface area (TPSA) is 63.4 Å². The third-order valence-corrected chi connectivity index (χ3v) is 6.42. The van der Waals surface area contributed by atoms with E-state index in [0.29, 0.717) is 18.0 Å². The number of nitrogens with two attached hydrogens (primary N) is 1. The number of benzene rings is 1. The fraction of sp³-hybridized carbons (Fsp3) is 0.538. The highest BCUT2D eigenvalue weighted by Gasteiger charge is 2.32. The van der Waals surface area contributed by atoms with E-state index < -0.39 is 10.0 Å². The molecule has 0 spiro atoms. The molecule has 1 unspecified atom stereocenters. The van der Waals surface area contributed by atoms with Crippen LogP contribution in [0, 0.1) is 6.92 Å². The molecule has 106 valence electrons. The minimum Gasteiger partial charge on any atom is -0.329 e. The maximum atomic E-state index is 12.7. The van der Waals surface area contributed by atoms with Crippen molar-refractivity contribution >= 4 is 26.0 Å². The zero-order valence-corrected chi connectivity index (χ0v) is 13.4. The second-order valence-electron chi connectivity index (χ2n) is 4.91. The lowest BCUT2D eigenvalue weighted by atomic mass is 10.1. The van der Waals surface area contributed by atoms with Gasteiger partial charge in [0.05, 0.1) is 4.90 Å². The van der Waals surface area contributed by atoms with Gasteiger partial charge in [-0.25, -0.2) is 8.42 Å². The zero-order chi connectivity index (χ0) is 14.0. The average Bonchev–Trinajstić information content (AvgIpc) is 2.41. The minimum atomic E-state index is -3.43. The summed E-state index contributed by atoms with van der Waals surface area (Å²) in [7, 11) is -3.43. The van der Waals surface area contributed by atoms with Crippen molar-refractivity contribution in [3.63, 3.8) is 0 Å². The van der Waals surface area contributed by atoms with Gasteiger partial charge in [0.2, 0.25) is 10.0 Å². The molecule has 0 aliphatic carbocycles. The van der Waals surface area contributed by atoms with E-state index >= 15 is 0 Å². The lowest BCUT2D eigenvalue weighted by Crippen LogP contribution is -2.47. The maximum Gasteiger partial charge on any atom is 0.243 e. The molecule has 0 aromatic heterocycles. The van der Waals surface area contributed by atoms with Crippen LogP contribution in [-0.2, 0) is 10.0 Å². The molecule has 6 heteroatoms. The molecule has 1 saturated heterocycles. The van der Waals surface area contributed by atoms with Crippen molar-refractivity contribution in [2.24, 2.45) is 5.73 Å². The van der Waals surface area contributed by atoms with Gasteiger partial charge in [-0.2, -0.15) is 4.31 Å². The van der Waals surface area contributed by atoms with Gasteiger partial charge in [-0.3, -0.25) is 0 Å². The highest BCUT2D eigenvalue weighted by molar-refractivity contribution is 9.10. The van der Waals surface area contributed by atoms with Crippen LogP contribution >= 0.6 is 15.9 Å². The minimum absolute atomic E-state index is 0.0669. The highest BCUT2D eigenvalue weighted by atomic mass is 79.9. The van der Waals surface area contributed by atoms with E-state index in [1.54, 1.807) is 22.5 Å². The molecule has 2 N–H and O–H groups in total. The van der Waals surface area contributed by atoms with E-state index in [1.807, 2.05) is 6.92 Å². The van der Waals surface area contributed by atoms with Crippen molar-refractivity contribution in [2.75, 3.05) is 13.1 Å². The lowest BCUT2D eigenvalue weighted by Gasteiger charge is -2.33. The smallest absolute Gasteiger partial charge is 0.243 e. The van der Waals surface area contributed by atoms with Crippen LogP contribution in [0.15, 0.2) is 27.6 Å². The van der Waals surface area contributed by atoms with Gasteiger partial charge in [0.25, 0.3) is 0 Å². The summed E-state index contributed by atoms with van der Waals surface area (Å²) >= 11 is 3.39. The summed E-state index contributed by atoms with van der Waals surface area (Å²) < 4.78 is 27.8. The summed E-state index contributed by atoms with van der Waals surface area (Å²) in [6.45, 7) is 2.84. The van der Waals surface area contributed by atoms with Gasteiger partial charge in [-0.1, -0.05) is 22.4 Å². The van der Waals surface area contributed by atoms with Crippen LogP contribution in [0.5, 0.6) is 0 Å². The summed E-state index contributed by atoms with van der Waals surface area (Å²) in [6, 6.07) is 5.07. The number of hydrogen-bond donors (Lipinski definition) is 1. The number of rotatable bonds is 3. The van der Waals surface area contributed by atoms with E-state index in [4.69, 9.17) is 5.73 Å². The first-order valence-corrected chi connectivity index (χ1v) is 8.68. The molecule has 2 rings (SSSR count). The third-order valence-electron chi connectivity index (χ3n) is 3.58. The Balaban J connectivity index is 2.37. The van der Waals surface area contributed by atoms with Crippen molar-refractivity contribution in [3.05, 3.63) is 28.2 Å². The van der Waals surface area contributed by atoms with Crippen molar-refractivity contribution in [1.29, 1.82) is 0 Å². The van der Waals surface area contributed by atoms with Crippen LogP contribution < -0.4 is 5.73 Å². The quantitative estimate of drug-likeness (QED) is 0.912. The van der Waals surface area contributed by atoms with E-state index in [-0.39, 0.29) is 6.04 Å². The first kappa shape index (κ1) is 15.0. The molecule has 0 bridgehead atoms. The van der Waals surface area contributed by atoms with Gasteiger partial charge >= 0.3 is 0 Å². The largest absolute Gasteiger partial charge is 0.329 e. The Bertz CT molecular complexity index is 560. The van der Waals surface area contributed by atoms with E-state index in [9.17, 15) is 8.42 Å². The molecule has 1 aromatic carbocycles. The Morgan fingerprint density at radius 1 is 1.42 bits per heavy atom. The number of piperidine rings is 1. The van der Waals surface area contributed by atoms with Gasteiger partial charge in [-0.05, 0) is 43.5 Å². The second kappa shape index (κ2) is 5.91. The molecular weight excluding hydrogens is 328 g/mol. The number of sulfonamides is 1. The monoisotopic (exact) mass is 346 g/mol. The van der Waals surface area contributed by atoms with Gasteiger partial charge in [0.1, 0.15) is 0 Å². The lowest BCUT2D eigenvalue weighted by molar-refractivity contribution is 0.257. The molecule has 1 aliphatic rings. The first-order valence-electron chi connectivity index (χ1n) is 6.45. The van der Waals surface area contributed by atoms with E-state index in [0.717, 1.165) is 29.3 Å². The molecule has 1 aromatic rings. The molecule has 1 fully saturated rings. The normalized spacial score (nSPS) is 21.5. The summed E-state index contributed by atoms with van der Waals surface area (Å²) in [6.07, 6.45) is 2.81. The van der Waals surface area contributed by atoms with Crippen LogP contribution in [0.2, 0.25) is 0 Å². The van der Waals surface area contributed by atoms with Crippen molar-refractivity contribution in [2.45, 2.75) is 37.1 Å². The molecule has 1 aliphatic heterocycles. The maximum absolute atomic E-state index is 12.7. The van der Waals surface area contributed by atoms with Crippen LogP contribution in [-0.4, -0.2) is 31.9 Å². The van der Waals surface area contributed by atoms with Crippen LogP contribution in [0.25, 0.3) is 0 Å². The molecule has 19 heavy (non-hydrogen) atoms. The Labute approximate surface area is 123 Å². The standard InChI is InChI=1S/C13H19BrN2O2S/c1-10-8-12(5-6-13(10)14)19(17,18)16-7-3-2-4-11(16)9-15/h5-6,8,11H,2-4,7,9,15H2,1H3. The predicted octanol–water partition coefficient (Wildman–Crippen LogP) is 2.26. The fourth-order valence-corrected chi connectivity index (χ4v) is 4.48. The van der Waals surface area contributed by atoms with Crippen LogP contribution in [0.4, 0.5) is 0 Å². The van der Waals surface area contributed by atoms with Crippen molar-refractivity contribution < 1.29 is 8.42 Å². The fourth-order valence-electron chi connectivity index (χ4n) is 2.44. The summed E-state index contributed by atoms with van der Waals surface area (Å²) in [5.41, 5.74) is 6.63. The molecule has 0 radical (unpaired) electrons. The van der Waals surface area contributed by atoms with Gasteiger partial charge in [0.15, 0.2) is 0 Å². The number of aryl methyl sites for hydroxylation is 1. The summed E-state index contributed by atoms with van der Waals surface area (Å²) in [5, 5.41) is 0. The Morgan fingerprint density at radius 3 is 2.79 bits per heavy atom. The third kappa shape index (κ3) is 3.02. The molecule has 4 nitrogen and oxygen atoms in total. The number of hydrogen-bond acceptors (Lipinski definition) is 3. The number of nitrogens with zero attached hydrogens (tertiary/aromatic N) is 1. The first-order chi connectivity index (χ1) is 8.96. The molecular formula is C13H19BrN2O2S. The number of halogens is 1. The van der Waals surface area contributed by atoms with Crippen LogP contribution in [0.3, 0.4) is 0 Å².